The molecule has 0 saturated heterocycles. The van der Waals surface area contributed by atoms with Crippen molar-refractivity contribution in [1.29, 1.82) is 0 Å². The first-order valence-electron chi connectivity index (χ1n) is 7.54. The summed E-state index contributed by atoms with van der Waals surface area (Å²) in [5, 5.41) is 22.0. The lowest BCUT2D eigenvalue weighted by atomic mass is 10.1. The van der Waals surface area contributed by atoms with Crippen molar-refractivity contribution in [2.45, 2.75) is 19.7 Å². The number of hydrogen-bond acceptors (Lipinski definition) is 5. The molecule has 0 aliphatic heterocycles. The number of aliphatic hydroxyl groups excluding tert-OH is 1. The van der Waals surface area contributed by atoms with Gasteiger partial charge in [-0.1, -0.05) is 11.6 Å². The minimum absolute atomic E-state index is 0.0626. The average Bonchev–Trinajstić information content (AvgIpc) is 2.58. The lowest BCUT2D eigenvalue weighted by Crippen LogP contribution is -2.19. The monoisotopic (exact) mass is 389 g/mol. The summed E-state index contributed by atoms with van der Waals surface area (Å²) in [4.78, 5) is 10.5. The van der Waals surface area contributed by atoms with Crippen LogP contribution in [0.3, 0.4) is 0 Å². The van der Waals surface area contributed by atoms with E-state index in [4.69, 9.17) is 11.6 Å². The number of rotatable bonds is 6. The molecule has 0 atom stereocenters. The summed E-state index contributed by atoms with van der Waals surface area (Å²) >= 11 is 5.82. The topological polar surface area (TPSA) is 91.9 Å². The minimum atomic E-state index is -4.47. The normalized spacial score (nSPS) is 11.9. The van der Waals surface area contributed by atoms with Gasteiger partial charge in [-0.3, -0.25) is 15.3 Å². The maximum absolute atomic E-state index is 12.6. The Balaban J connectivity index is 1.98. The molecule has 0 aliphatic carbocycles. The molecule has 26 heavy (non-hydrogen) atoms. The van der Waals surface area contributed by atoms with Crippen molar-refractivity contribution >= 4 is 23.6 Å². The lowest BCUT2D eigenvalue weighted by Gasteiger charge is -2.07. The third-order valence-corrected chi connectivity index (χ3v) is 3.81. The number of aryl methyl sites for hydroxylation is 1. The van der Waals surface area contributed by atoms with Crippen molar-refractivity contribution in [3.05, 3.63) is 45.9 Å². The summed E-state index contributed by atoms with van der Waals surface area (Å²) in [6.07, 6.45) is -0.790. The molecular weight excluding hydrogens is 373 g/mol. The van der Waals surface area contributed by atoms with Crippen molar-refractivity contribution in [3.63, 3.8) is 0 Å². The van der Waals surface area contributed by atoms with Gasteiger partial charge in [-0.25, -0.2) is 4.98 Å². The molecule has 2 heterocycles. The third-order valence-electron chi connectivity index (χ3n) is 3.51. The van der Waals surface area contributed by atoms with Gasteiger partial charge in [0.15, 0.2) is 0 Å². The number of aromatic nitrogens is 2. The molecule has 0 amide bonds. The molecule has 140 valence electrons. The van der Waals surface area contributed by atoms with Crippen molar-refractivity contribution in [3.8, 4) is 5.75 Å². The van der Waals surface area contributed by atoms with Crippen molar-refractivity contribution < 1.29 is 28.4 Å². The zero-order chi connectivity index (χ0) is 19.3. The van der Waals surface area contributed by atoms with Crippen molar-refractivity contribution in [2.24, 2.45) is 4.99 Å². The van der Waals surface area contributed by atoms with Gasteiger partial charge in [-0.15, -0.1) is 0 Å². The van der Waals surface area contributed by atoms with Crippen LogP contribution in [0.5, 0.6) is 5.75 Å². The van der Waals surface area contributed by atoms with Gasteiger partial charge in [0.05, 0.1) is 24.4 Å². The molecule has 0 saturated carbocycles. The van der Waals surface area contributed by atoms with Crippen molar-refractivity contribution in [1.82, 2.24) is 4.98 Å². The van der Waals surface area contributed by atoms with E-state index in [2.05, 4.69) is 20.3 Å². The number of aliphatic imine (C=N–C) groups is 1. The van der Waals surface area contributed by atoms with E-state index in [1.807, 2.05) is 0 Å². The molecule has 2 rings (SSSR count). The Labute approximate surface area is 152 Å². The van der Waals surface area contributed by atoms with E-state index in [0.29, 0.717) is 16.8 Å². The Morgan fingerprint density at radius 2 is 2.15 bits per heavy atom. The number of H-pyrrole nitrogens is 1. The quantitative estimate of drug-likeness (QED) is 0.523. The zero-order valence-electron chi connectivity index (χ0n) is 13.7. The van der Waals surface area contributed by atoms with Crippen LogP contribution in [0.4, 0.5) is 19.0 Å². The summed E-state index contributed by atoms with van der Waals surface area (Å²) in [5.41, 5.74) is 0.349. The largest absolute Gasteiger partial charge is 0.505 e. The first-order chi connectivity index (χ1) is 12.2. The van der Waals surface area contributed by atoms with Gasteiger partial charge in [0.2, 0.25) is 0 Å². The summed E-state index contributed by atoms with van der Waals surface area (Å²) in [6.45, 7) is 1.88. The molecule has 0 unspecified atom stereocenters. The van der Waals surface area contributed by atoms with Gasteiger partial charge in [0.1, 0.15) is 23.5 Å². The van der Waals surface area contributed by atoms with E-state index in [1.165, 1.54) is 12.4 Å². The Morgan fingerprint density at radius 3 is 2.77 bits per heavy atom. The molecule has 2 aromatic rings. The van der Waals surface area contributed by atoms with E-state index < -0.39 is 11.7 Å². The van der Waals surface area contributed by atoms with Crippen LogP contribution >= 0.6 is 11.6 Å². The van der Waals surface area contributed by atoms with Gasteiger partial charge in [-0.2, -0.15) is 13.2 Å². The number of aliphatic hydroxyl groups is 1. The fourth-order valence-corrected chi connectivity index (χ4v) is 2.33. The minimum Gasteiger partial charge on any atom is -0.505 e. The molecule has 0 radical (unpaired) electrons. The Hall–Kier alpha value is -2.39. The number of halogens is 4. The number of anilines is 1. The predicted octanol–water partition coefficient (Wildman–Crippen LogP) is 2.61. The number of aromatic hydroxyl groups is 1. The van der Waals surface area contributed by atoms with Gasteiger partial charge >= 0.3 is 6.18 Å². The number of nitrogens with zero attached hydrogens (tertiary/aromatic N) is 2. The average molecular weight is 390 g/mol. The molecule has 4 N–H and O–H groups in total. The van der Waals surface area contributed by atoms with Crippen LogP contribution in [-0.4, -0.2) is 34.5 Å². The fraction of sp³-hybridized carbons (Fsp3) is 0.312. The Morgan fingerprint density at radius 1 is 1.42 bits per heavy atom. The van der Waals surface area contributed by atoms with Gasteiger partial charge in [-0.05, 0) is 13.0 Å². The molecule has 0 aliphatic rings. The van der Waals surface area contributed by atoms with E-state index >= 15 is 0 Å². The molecule has 0 aromatic carbocycles. The second-order valence-electron chi connectivity index (χ2n) is 5.36. The molecule has 0 bridgehead atoms. The van der Waals surface area contributed by atoms with E-state index in [9.17, 15) is 23.4 Å². The predicted molar refractivity (Wildman–Crippen MR) is 90.5 cm³/mol. The second-order valence-corrected chi connectivity index (χ2v) is 5.77. The lowest BCUT2D eigenvalue weighted by molar-refractivity contribution is -0.364. The van der Waals surface area contributed by atoms with E-state index in [-0.39, 0.29) is 36.3 Å². The van der Waals surface area contributed by atoms with Crippen LogP contribution in [0, 0.1) is 6.92 Å². The van der Waals surface area contributed by atoms with E-state index in [0.717, 1.165) is 12.3 Å². The molecular formula is C16H17ClF3N4O2+. The highest BCUT2D eigenvalue weighted by atomic mass is 35.5. The van der Waals surface area contributed by atoms with Crippen molar-refractivity contribution in [2.75, 3.05) is 18.4 Å². The maximum Gasteiger partial charge on any atom is 0.419 e. The maximum atomic E-state index is 12.6. The third kappa shape index (κ3) is 4.83. The summed E-state index contributed by atoms with van der Waals surface area (Å²) in [5.74, 6) is 0.181. The highest BCUT2D eigenvalue weighted by molar-refractivity contribution is 6.32. The van der Waals surface area contributed by atoms with Crippen LogP contribution in [0.2, 0.25) is 5.02 Å². The second kappa shape index (κ2) is 8.33. The van der Waals surface area contributed by atoms with Crippen LogP contribution < -0.4 is 10.3 Å². The van der Waals surface area contributed by atoms with Crippen LogP contribution in [0.25, 0.3) is 0 Å². The summed E-state index contributed by atoms with van der Waals surface area (Å²) in [6, 6.07) is 0.828. The number of aromatic amines is 1. The number of nitrogens with one attached hydrogen (secondary N) is 2. The number of pyridine rings is 2. The number of alkyl halides is 3. The first-order valence-corrected chi connectivity index (χ1v) is 7.92. The molecule has 0 spiro atoms. The molecule has 6 nitrogen and oxygen atoms in total. The standard InChI is InChI=1S/C16H16ClF3N4O2/c1-9-14(26)12(10(8-25)5-23-9)7-21-2-3-22-15-13(17)4-11(6-24-15)16(18,19)20/h4-7,25-26H,2-3,8H2,1H3,(H,22,24)/p+1. The molecule has 0 fully saturated rings. The Bertz CT molecular complexity index is 813. The van der Waals surface area contributed by atoms with Gasteiger partial charge < -0.3 is 10.2 Å². The molecule has 10 heteroatoms. The number of hydrogen-bond donors (Lipinski definition) is 3. The fourth-order valence-electron chi connectivity index (χ4n) is 2.09. The first kappa shape index (κ1) is 19.9. The smallest absolute Gasteiger partial charge is 0.419 e. The molecule has 2 aromatic heterocycles. The van der Waals surface area contributed by atoms with E-state index in [1.54, 1.807) is 6.92 Å². The van der Waals surface area contributed by atoms with Gasteiger partial charge in [0.25, 0.3) is 5.82 Å². The van der Waals surface area contributed by atoms with Crippen LogP contribution in [0.15, 0.2) is 23.5 Å². The zero-order valence-corrected chi connectivity index (χ0v) is 14.5. The highest BCUT2D eigenvalue weighted by Crippen LogP contribution is 2.31. The van der Waals surface area contributed by atoms with Gasteiger partial charge in [0, 0.05) is 23.5 Å². The van der Waals surface area contributed by atoms with Crippen LogP contribution in [-0.2, 0) is 12.8 Å². The Kier molecular flexibility index (Phi) is 6.38. The summed E-state index contributed by atoms with van der Waals surface area (Å²) in [7, 11) is 0. The van der Waals surface area contributed by atoms with Crippen LogP contribution in [0.1, 0.15) is 22.4 Å². The SMILES string of the molecule is Cc1ncc(CO)c(C=NCCNc2[nH+]cc(C(F)(F)F)cc2Cl)c1O. The highest BCUT2D eigenvalue weighted by Gasteiger charge is 2.32. The summed E-state index contributed by atoms with van der Waals surface area (Å²) < 4.78 is 37.7.